The van der Waals surface area contributed by atoms with Crippen molar-refractivity contribution in [1.29, 1.82) is 0 Å². The van der Waals surface area contributed by atoms with Crippen molar-refractivity contribution in [2.24, 2.45) is 0 Å². The smallest absolute Gasteiger partial charge is 0.435 e. The normalized spacial score (nSPS) is 12.1. The third-order valence-electron chi connectivity index (χ3n) is 10.2. The number of fused-ring (bicyclic) bond motifs is 4. The van der Waals surface area contributed by atoms with Gasteiger partial charge in [-0.3, -0.25) is 9.97 Å². The predicted octanol–water partition coefficient (Wildman–Crippen LogP) is 11.9. The third-order valence-corrected chi connectivity index (χ3v) is 10.2. The van der Waals surface area contributed by atoms with Gasteiger partial charge in [0, 0.05) is 16.8 Å². The van der Waals surface area contributed by atoms with Crippen molar-refractivity contribution in [1.82, 2.24) is 24.1 Å². The Morgan fingerprint density at radius 2 is 1.24 bits per heavy atom. The van der Waals surface area contributed by atoms with Gasteiger partial charge < -0.3 is 14.1 Å². The number of para-hydroxylation sites is 3. The van der Waals surface area contributed by atoms with Crippen molar-refractivity contribution < 1.29 is 21.1 Å². The molecule has 0 spiro atoms. The first-order valence-electron chi connectivity index (χ1n) is 18.3. The molecule has 6 heteroatoms. The fourth-order valence-corrected chi connectivity index (χ4v) is 7.29. The van der Waals surface area contributed by atoms with E-state index in [1.54, 1.807) is 0 Å². The summed E-state index contributed by atoms with van der Waals surface area (Å²) in [5.41, 5.74) is 12.1. The van der Waals surface area contributed by atoms with Crippen LogP contribution in [0.4, 0.5) is 0 Å². The Balaban J connectivity index is 0.00000413. The molecule has 0 aliphatic heterocycles. The van der Waals surface area contributed by atoms with E-state index in [-0.39, 0.29) is 31.9 Å². The number of nitrogens with zero attached hydrogens (tertiary/aromatic N) is 5. The summed E-state index contributed by atoms with van der Waals surface area (Å²) >= 11 is 0. The first-order valence-corrected chi connectivity index (χ1v) is 18.3. The van der Waals surface area contributed by atoms with Crippen molar-refractivity contribution >= 4 is 33.0 Å². The summed E-state index contributed by atoms with van der Waals surface area (Å²) in [5.74, 6) is 1.70. The van der Waals surface area contributed by atoms with Gasteiger partial charge in [-0.1, -0.05) is 162 Å². The fraction of sp³-hybridized carbons (Fsp3) is 0.167. The molecule has 9 aromatic rings. The Morgan fingerprint density at radius 3 is 1.98 bits per heavy atom. The minimum atomic E-state index is -0.127. The molecular weight excluding hydrogens is 842 g/mol. The minimum Gasteiger partial charge on any atom is -0.435 e. The SMILES string of the molecule is CC(C)(C)c1cc(-c2ccc3c4cc(C(C)(C)C)ccc4n(-c4ccc(-c5ccccc5)[n-]4)c3n2)[c-]c(-c2nc3ccccc3n2-c2ccccc2)c1.[Pt+2]. The number of benzene rings is 5. The van der Waals surface area contributed by atoms with Crippen LogP contribution in [0.2, 0.25) is 0 Å². The summed E-state index contributed by atoms with van der Waals surface area (Å²) in [6.45, 7) is 13.5. The molecule has 5 nitrogen and oxygen atoms in total. The zero-order valence-electron chi connectivity index (χ0n) is 31.3. The van der Waals surface area contributed by atoms with Gasteiger partial charge >= 0.3 is 21.1 Å². The zero-order chi connectivity index (χ0) is 36.5. The van der Waals surface area contributed by atoms with E-state index in [0.717, 1.165) is 73.0 Å². The van der Waals surface area contributed by atoms with Gasteiger partial charge in [0.05, 0.1) is 22.5 Å². The van der Waals surface area contributed by atoms with Crippen LogP contribution in [-0.2, 0) is 31.9 Å². The van der Waals surface area contributed by atoms with Gasteiger partial charge in [0.2, 0.25) is 0 Å². The maximum Gasteiger partial charge on any atom is 2.00 e. The topological polar surface area (TPSA) is 49.7 Å². The molecule has 0 amide bonds. The van der Waals surface area contributed by atoms with Gasteiger partial charge in [-0.25, -0.2) is 0 Å². The monoisotopic (exact) mass is 882 g/mol. The summed E-state index contributed by atoms with van der Waals surface area (Å²) < 4.78 is 4.46. The molecule has 4 aromatic heterocycles. The molecule has 0 atom stereocenters. The predicted molar refractivity (Wildman–Crippen MR) is 219 cm³/mol. The quantitative estimate of drug-likeness (QED) is 0.162. The maximum absolute atomic E-state index is 5.48. The Labute approximate surface area is 331 Å². The largest absolute Gasteiger partial charge is 2.00 e. The van der Waals surface area contributed by atoms with Gasteiger partial charge in [0.25, 0.3) is 0 Å². The van der Waals surface area contributed by atoms with E-state index in [9.17, 15) is 0 Å². The van der Waals surface area contributed by atoms with Crippen LogP contribution in [0.3, 0.4) is 0 Å². The van der Waals surface area contributed by atoms with E-state index in [1.807, 2.05) is 18.2 Å². The molecule has 0 aliphatic rings. The second kappa shape index (κ2) is 13.4. The fourth-order valence-electron chi connectivity index (χ4n) is 7.29. The maximum atomic E-state index is 5.48. The molecule has 0 bridgehead atoms. The van der Waals surface area contributed by atoms with Gasteiger partial charge in [-0.15, -0.1) is 23.8 Å². The van der Waals surface area contributed by atoms with E-state index in [0.29, 0.717) is 0 Å². The van der Waals surface area contributed by atoms with Crippen LogP contribution >= 0.6 is 0 Å². The van der Waals surface area contributed by atoms with E-state index < -0.39 is 0 Å². The molecule has 0 fully saturated rings. The number of pyridine rings is 1. The summed E-state index contributed by atoms with van der Waals surface area (Å²) in [5, 5.41) is 2.26. The van der Waals surface area contributed by atoms with Crippen LogP contribution in [0, 0.1) is 6.07 Å². The van der Waals surface area contributed by atoms with Gasteiger partial charge in [-0.05, 0) is 62.8 Å². The number of imidazole rings is 1. The molecule has 0 radical (unpaired) electrons. The molecule has 0 saturated heterocycles. The zero-order valence-corrected chi connectivity index (χ0v) is 33.6. The van der Waals surface area contributed by atoms with Crippen LogP contribution in [0.25, 0.3) is 78.4 Å². The van der Waals surface area contributed by atoms with Crippen molar-refractivity contribution in [3.8, 4) is 45.4 Å². The van der Waals surface area contributed by atoms with Crippen molar-refractivity contribution in [3.63, 3.8) is 0 Å². The number of aromatic nitrogens is 5. The summed E-state index contributed by atoms with van der Waals surface area (Å²) in [6.07, 6.45) is 0. The molecule has 0 unspecified atom stereocenters. The Morgan fingerprint density at radius 1 is 0.556 bits per heavy atom. The van der Waals surface area contributed by atoms with Gasteiger partial charge in [0.1, 0.15) is 0 Å². The van der Waals surface area contributed by atoms with Crippen LogP contribution < -0.4 is 4.98 Å². The first-order chi connectivity index (χ1) is 25.5. The molecule has 0 aliphatic carbocycles. The number of hydrogen-bond acceptors (Lipinski definition) is 2. The molecular formula is C48H41N5Pt. The first kappa shape index (κ1) is 35.5. The Bertz CT molecular complexity index is 2790. The third kappa shape index (κ3) is 6.21. The van der Waals surface area contributed by atoms with Gasteiger partial charge in [-0.2, -0.15) is 0 Å². The van der Waals surface area contributed by atoms with E-state index in [1.165, 1.54) is 16.5 Å². The molecule has 268 valence electrons. The Kier molecular flexibility index (Phi) is 8.82. The van der Waals surface area contributed by atoms with E-state index in [4.69, 9.17) is 15.0 Å². The summed E-state index contributed by atoms with van der Waals surface area (Å²) in [6, 6.07) is 52.8. The molecule has 4 heterocycles. The van der Waals surface area contributed by atoms with Crippen LogP contribution in [-0.4, -0.2) is 19.1 Å². The average Bonchev–Trinajstić information content (AvgIpc) is 3.88. The average molecular weight is 883 g/mol. The Hall–Kier alpha value is -5.51. The summed E-state index contributed by atoms with van der Waals surface area (Å²) in [4.78, 5) is 15.8. The number of rotatable bonds is 5. The summed E-state index contributed by atoms with van der Waals surface area (Å²) in [7, 11) is 0. The second-order valence-electron chi connectivity index (χ2n) is 16.0. The van der Waals surface area contributed by atoms with Crippen LogP contribution in [0.15, 0.2) is 140 Å². The standard InChI is InChI=1S/C48H41N5.Pt/c1-47(2,3)34-21-25-42-38(30-34)37-22-23-40(50-46(37)53(42)44-26-24-39(49-44)31-15-9-7-10-16-31)32-27-33(29-35(28-32)48(4,5)6)45-51-41-19-13-14-20-43(41)52(45)36-17-11-8-12-18-36;/h7-26,28-30H,1-6H3;/q-2;+2. The van der Waals surface area contributed by atoms with E-state index in [2.05, 4.69) is 178 Å². The van der Waals surface area contributed by atoms with Crippen LogP contribution in [0.5, 0.6) is 0 Å². The van der Waals surface area contributed by atoms with E-state index >= 15 is 0 Å². The minimum absolute atomic E-state index is 0. The molecule has 0 N–H and O–H groups in total. The molecule has 9 rings (SSSR count). The second-order valence-corrected chi connectivity index (χ2v) is 16.0. The van der Waals surface area contributed by atoms with Crippen molar-refractivity contribution in [2.75, 3.05) is 0 Å². The van der Waals surface area contributed by atoms with Crippen molar-refractivity contribution in [2.45, 2.75) is 52.4 Å². The van der Waals surface area contributed by atoms with Crippen molar-refractivity contribution in [3.05, 3.63) is 157 Å². The number of hydrogen-bond donors (Lipinski definition) is 0. The van der Waals surface area contributed by atoms with Gasteiger partial charge in [0.15, 0.2) is 0 Å². The van der Waals surface area contributed by atoms with Crippen LogP contribution in [0.1, 0.15) is 52.7 Å². The molecule has 5 aromatic carbocycles. The molecule has 54 heavy (non-hydrogen) atoms. The molecule has 0 saturated carbocycles.